The highest BCUT2D eigenvalue weighted by molar-refractivity contribution is 6.13. The molecule has 232 valence electrons. The summed E-state index contributed by atoms with van der Waals surface area (Å²) in [5.74, 6) is 2.16. The van der Waals surface area contributed by atoms with Crippen LogP contribution >= 0.6 is 0 Å². The normalized spacial score (nSPS) is 26.5. The number of ketones is 1. The van der Waals surface area contributed by atoms with Crippen molar-refractivity contribution >= 4 is 5.78 Å². The van der Waals surface area contributed by atoms with E-state index in [4.69, 9.17) is 14.2 Å². The Kier molecular flexibility index (Phi) is 9.38. The Morgan fingerprint density at radius 3 is 2.37 bits per heavy atom. The summed E-state index contributed by atoms with van der Waals surface area (Å²) in [6.45, 7) is 13.7. The highest BCUT2D eigenvalue weighted by Gasteiger charge is 2.44. The molecule has 0 spiro atoms. The lowest BCUT2D eigenvalue weighted by molar-refractivity contribution is 0.00510. The van der Waals surface area contributed by atoms with Crippen LogP contribution in [0.2, 0.25) is 0 Å². The van der Waals surface area contributed by atoms with E-state index in [1.165, 1.54) is 5.57 Å². The van der Waals surface area contributed by atoms with Crippen LogP contribution in [0.5, 0.6) is 17.2 Å². The molecule has 2 aromatic rings. The van der Waals surface area contributed by atoms with Crippen LogP contribution in [-0.2, 0) is 13.0 Å². The van der Waals surface area contributed by atoms with E-state index in [2.05, 4.69) is 62.8 Å². The summed E-state index contributed by atoms with van der Waals surface area (Å²) in [4.78, 5) is 19.0. The molecule has 0 saturated carbocycles. The van der Waals surface area contributed by atoms with Crippen molar-refractivity contribution in [2.24, 2.45) is 11.3 Å². The molecule has 3 aliphatic rings. The zero-order valence-electron chi connectivity index (χ0n) is 27.3. The maximum absolute atomic E-state index is 14.2. The van der Waals surface area contributed by atoms with Crippen molar-refractivity contribution in [1.82, 2.24) is 9.80 Å². The number of likely N-dealkylation sites (N-methyl/N-ethyl adjacent to an activating group) is 1. The van der Waals surface area contributed by atoms with Crippen LogP contribution < -0.4 is 14.2 Å². The summed E-state index contributed by atoms with van der Waals surface area (Å²) in [7, 11) is 5.50. The summed E-state index contributed by atoms with van der Waals surface area (Å²) in [5, 5.41) is 0. The summed E-state index contributed by atoms with van der Waals surface area (Å²) in [5.41, 5.74) is 4.19. The third-order valence-electron chi connectivity index (χ3n) is 9.80. The fraction of sp³-hybridized carbons (Fsp3) is 0.541. The number of piperazine rings is 1. The number of carbonyl (C=O) groups is 1. The first-order chi connectivity index (χ1) is 20.5. The van der Waals surface area contributed by atoms with Crippen LogP contribution in [0.15, 0.2) is 54.1 Å². The number of carbonyl (C=O) groups excluding carboxylic acids is 1. The van der Waals surface area contributed by atoms with Crippen LogP contribution in [0.4, 0.5) is 0 Å². The van der Waals surface area contributed by atoms with Gasteiger partial charge in [0.15, 0.2) is 0 Å². The molecular formula is C37H50N2O4. The zero-order valence-corrected chi connectivity index (χ0v) is 27.3. The van der Waals surface area contributed by atoms with Gasteiger partial charge < -0.3 is 19.1 Å². The molecular weight excluding hydrogens is 536 g/mol. The predicted octanol–water partition coefficient (Wildman–Crippen LogP) is 7.09. The second-order valence-corrected chi connectivity index (χ2v) is 13.7. The van der Waals surface area contributed by atoms with Gasteiger partial charge in [0.05, 0.1) is 19.8 Å². The highest BCUT2D eigenvalue weighted by atomic mass is 16.5. The molecule has 0 amide bonds. The third kappa shape index (κ3) is 6.71. The molecule has 6 nitrogen and oxygen atoms in total. The van der Waals surface area contributed by atoms with Crippen molar-refractivity contribution < 1.29 is 19.0 Å². The van der Waals surface area contributed by atoms with E-state index in [9.17, 15) is 4.79 Å². The second kappa shape index (κ2) is 12.9. The lowest BCUT2D eigenvalue weighted by Gasteiger charge is -2.44. The predicted molar refractivity (Wildman–Crippen MR) is 174 cm³/mol. The molecule has 2 unspecified atom stereocenters. The minimum Gasteiger partial charge on any atom is -0.495 e. The summed E-state index contributed by atoms with van der Waals surface area (Å²) >= 11 is 0. The zero-order chi connectivity index (χ0) is 30.8. The topological polar surface area (TPSA) is 51.2 Å². The van der Waals surface area contributed by atoms with Gasteiger partial charge >= 0.3 is 0 Å². The molecule has 2 aromatic carbocycles. The van der Waals surface area contributed by atoms with Gasteiger partial charge in [-0.25, -0.2) is 0 Å². The number of hydrogen-bond donors (Lipinski definition) is 0. The summed E-state index contributed by atoms with van der Waals surface area (Å²) in [6, 6.07) is 9.46. The fourth-order valence-electron chi connectivity index (χ4n) is 6.88. The van der Waals surface area contributed by atoms with Gasteiger partial charge in [0.25, 0.3) is 0 Å². The molecule has 1 fully saturated rings. The van der Waals surface area contributed by atoms with Crippen molar-refractivity contribution in [3.05, 3.63) is 76.4 Å². The standard InChI is InChI=1S/C37H50N2O4/c1-26-14-15-28-24-29-33(43-37(28,4)18-11-17-36(2,3)19-16-26)30(25-39-22-20-38(5)21-23-39)35(42-7)31(34(29)41-6)32(40)27-12-9-8-10-13-27/h8-13,16-17,28H,14-15,18-25H2,1-7H3/b17-11+,26-16+. The Balaban J connectivity index is 1.68. The number of fused-ring (bicyclic) bond motifs is 2. The Morgan fingerprint density at radius 2 is 1.70 bits per heavy atom. The monoisotopic (exact) mass is 586 g/mol. The third-order valence-corrected chi connectivity index (χ3v) is 9.80. The van der Waals surface area contributed by atoms with E-state index in [-0.39, 0.29) is 17.1 Å². The molecule has 0 radical (unpaired) electrons. The summed E-state index contributed by atoms with van der Waals surface area (Å²) in [6.07, 6.45) is 11.8. The number of allylic oxidation sites excluding steroid dienone is 3. The summed E-state index contributed by atoms with van der Waals surface area (Å²) < 4.78 is 19.5. The molecule has 0 bridgehead atoms. The Bertz CT molecular complexity index is 1370. The number of hydrogen-bond acceptors (Lipinski definition) is 6. The number of methoxy groups -OCH3 is 2. The largest absolute Gasteiger partial charge is 0.495 e. The van der Waals surface area contributed by atoms with Gasteiger partial charge in [-0.05, 0) is 52.0 Å². The van der Waals surface area contributed by atoms with Crippen molar-refractivity contribution in [3.8, 4) is 17.2 Å². The Morgan fingerprint density at radius 1 is 1.00 bits per heavy atom. The van der Waals surface area contributed by atoms with Crippen molar-refractivity contribution in [1.29, 1.82) is 0 Å². The van der Waals surface area contributed by atoms with Crippen molar-refractivity contribution in [2.75, 3.05) is 47.4 Å². The molecule has 1 saturated heterocycles. The molecule has 43 heavy (non-hydrogen) atoms. The quantitative estimate of drug-likeness (QED) is 0.266. The maximum atomic E-state index is 14.2. The number of ether oxygens (including phenoxy) is 3. The first kappa shape index (κ1) is 31.3. The van der Waals surface area contributed by atoms with Gasteiger partial charge in [-0.1, -0.05) is 68.0 Å². The van der Waals surface area contributed by atoms with Gasteiger partial charge in [0, 0.05) is 56.2 Å². The SMILES string of the molecule is COc1c2c(c(CN3CCN(C)CC3)c(OC)c1C(=O)c1ccccc1)OC1(C)C/C=C/C(C)(C)C/C=C(\C)CCC1C2. The maximum Gasteiger partial charge on any atom is 0.200 e. The minimum absolute atomic E-state index is 0.0866. The van der Waals surface area contributed by atoms with Crippen LogP contribution in [0.3, 0.4) is 0 Å². The molecule has 2 atom stereocenters. The van der Waals surface area contributed by atoms with E-state index in [0.717, 1.165) is 75.2 Å². The second-order valence-electron chi connectivity index (χ2n) is 13.7. The first-order valence-electron chi connectivity index (χ1n) is 15.9. The van der Waals surface area contributed by atoms with Crippen molar-refractivity contribution in [2.45, 2.75) is 71.9 Å². The van der Waals surface area contributed by atoms with E-state index in [1.54, 1.807) is 14.2 Å². The molecule has 0 aromatic heterocycles. The van der Waals surface area contributed by atoms with Gasteiger partial charge in [-0.15, -0.1) is 0 Å². The Hall–Kier alpha value is -3.09. The molecule has 2 aliphatic heterocycles. The average Bonchev–Trinajstić information content (AvgIpc) is 3.01. The number of benzene rings is 2. The van der Waals surface area contributed by atoms with Crippen LogP contribution in [0.1, 0.15) is 80.4 Å². The van der Waals surface area contributed by atoms with Gasteiger partial charge in [-0.2, -0.15) is 0 Å². The molecule has 0 N–H and O–H groups in total. The highest BCUT2D eigenvalue weighted by Crippen LogP contribution is 2.52. The van der Waals surface area contributed by atoms with E-state index in [1.807, 2.05) is 30.3 Å². The van der Waals surface area contributed by atoms with Gasteiger partial charge in [0.2, 0.25) is 5.78 Å². The van der Waals surface area contributed by atoms with Gasteiger partial charge in [-0.3, -0.25) is 9.69 Å². The van der Waals surface area contributed by atoms with E-state index in [0.29, 0.717) is 29.2 Å². The lowest BCUT2D eigenvalue weighted by Crippen LogP contribution is -2.46. The average molecular weight is 587 g/mol. The molecule has 2 heterocycles. The molecule has 1 aliphatic carbocycles. The number of nitrogens with zero attached hydrogens (tertiary/aromatic N) is 2. The van der Waals surface area contributed by atoms with Crippen molar-refractivity contribution in [3.63, 3.8) is 0 Å². The van der Waals surface area contributed by atoms with Gasteiger partial charge in [0.1, 0.15) is 28.4 Å². The smallest absolute Gasteiger partial charge is 0.200 e. The minimum atomic E-state index is -0.401. The fourth-order valence-corrected chi connectivity index (χ4v) is 6.88. The Labute approximate surface area is 258 Å². The van der Waals surface area contributed by atoms with Crippen LogP contribution in [-0.4, -0.2) is 68.6 Å². The van der Waals surface area contributed by atoms with Crippen LogP contribution in [0.25, 0.3) is 0 Å². The molecule has 6 heteroatoms. The van der Waals surface area contributed by atoms with E-state index < -0.39 is 5.60 Å². The first-order valence-corrected chi connectivity index (χ1v) is 15.9. The van der Waals surface area contributed by atoms with Crippen LogP contribution in [0, 0.1) is 11.3 Å². The molecule has 5 rings (SSSR count). The number of rotatable bonds is 6. The lowest BCUT2D eigenvalue weighted by atomic mass is 9.74. The van der Waals surface area contributed by atoms with E-state index >= 15 is 0 Å².